The lowest BCUT2D eigenvalue weighted by atomic mass is 9.86. The largest absolute Gasteiger partial charge is 0.452 e. The molecule has 12 heteroatoms. The number of piperidine rings is 1. The molecule has 0 bridgehead atoms. The summed E-state index contributed by atoms with van der Waals surface area (Å²) >= 11 is 0. The molecule has 1 aliphatic carbocycles. The molecule has 3 N–H and O–H groups in total. The van der Waals surface area contributed by atoms with Crippen LogP contribution in [0.2, 0.25) is 0 Å². The predicted octanol–water partition coefficient (Wildman–Crippen LogP) is 0.103. The van der Waals surface area contributed by atoms with E-state index in [4.69, 9.17) is 5.26 Å². The van der Waals surface area contributed by atoms with Crippen LogP contribution in [0.1, 0.15) is 41.5 Å². The average molecular weight is 458 g/mol. The Kier molecular flexibility index (Phi) is 6.64. The maximum absolute atomic E-state index is 13.5. The molecule has 0 spiro atoms. The fraction of sp³-hybridized carbons (Fsp3) is 0.789. The first-order valence-electron chi connectivity index (χ1n) is 9.95. The van der Waals surface area contributed by atoms with E-state index in [2.05, 4.69) is 14.8 Å². The van der Waals surface area contributed by atoms with Crippen molar-refractivity contribution in [2.45, 2.75) is 59.7 Å². The van der Waals surface area contributed by atoms with Crippen molar-refractivity contribution < 1.29 is 27.5 Å². The Bertz CT molecular complexity index is 904. The molecular formula is C19H31N5O6S. The molecule has 0 unspecified atom stereocenters. The number of ether oxygens (including phenoxy) is 1. The second-order valence-electron chi connectivity index (χ2n) is 9.76. The third-order valence-electron chi connectivity index (χ3n) is 6.10. The van der Waals surface area contributed by atoms with E-state index in [-0.39, 0.29) is 17.3 Å². The van der Waals surface area contributed by atoms with Crippen molar-refractivity contribution in [3.05, 3.63) is 0 Å². The van der Waals surface area contributed by atoms with Crippen LogP contribution < -0.4 is 14.8 Å². The minimum absolute atomic E-state index is 0.0900. The van der Waals surface area contributed by atoms with Crippen LogP contribution >= 0.6 is 0 Å². The van der Waals surface area contributed by atoms with Gasteiger partial charge in [-0.1, -0.05) is 34.6 Å². The topological polar surface area (TPSA) is 158 Å². The third kappa shape index (κ3) is 5.10. The molecule has 3 amide bonds. The Labute approximate surface area is 183 Å². The molecule has 1 saturated carbocycles. The number of nitrogens with zero attached hydrogens (tertiary/aromatic N) is 2. The summed E-state index contributed by atoms with van der Waals surface area (Å²) in [5.41, 5.74) is -1.01. The van der Waals surface area contributed by atoms with Gasteiger partial charge in [0.25, 0.3) is 0 Å². The fourth-order valence-electron chi connectivity index (χ4n) is 4.24. The first-order chi connectivity index (χ1) is 14.1. The van der Waals surface area contributed by atoms with Gasteiger partial charge < -0.3 is 15.0 Å². The van der Waals surface area contributed by atoms with E-state index in [1.54, 1.807) is 32.4 Å². The highest BCUT2D eigenvalue weighted by Gasteiger charge is 2.69. The lowest BCUT2D eigenvalue weighted by Crippen LogP contribution is -2.61. The summed E-state index contributed by atoms with van der Waals surface area (Å²) in [7, 11) is -3.39. The lowest BCUT2D eigenvalue weighted by molar-refractivity contribution is -0.143. The van der Waals surface area contributed by atoms with Gasteiger partial charge in [-0.05, 0) is 29.6 Å². The zero-order valence-electron chi connectivity index (χ0n) is 18.8. The van der Waals surface area contributed by atoms with Crippen LogP contribution in [-0.4, -0.2) is 63.0 Å². The van der Waals surface area contributed by atoms with Crippen LogP contribution in [0.15, 0.2) is 0 Å². The van der Waals surface area contributed by atoms with Gasteiger partial charge in [-0.25, -0.2) is 9.52 Å². The van der Waals surface area contributed by atoms with E-state index >= 15 is 0 Å². The fourth-order valence-corrected chi connectivity index (χ4v) is 5.37. The van der Waals surface area contributed by atoms with E-state index in [9.17, 15) is 22.8 Å². The van der Waals surface area contributed by atoms with Crippen molar-refractivity contribution in [2.75, 3.05) is 13.7 Å². The van der Waals surface area contributed by atoms with Gasteiger partial charge in [0.1, 0.15) is 18.1 Å². The van der Waals surface area contributed by atoms with Crippen molar-refractivity contribution in [2.24, 2.45) is 22.7 Å². The van der Waals surface area contributed by atoms with Crippen LogP contribution in [0, 0.1) is 34.0 Å². The predicted molar refractivity (Wildman–Crippen MR) is 110 cm³/mol. The number of hydrogen-bond acceptors (Lipinski definition) is 7. The number of hydrogen-bond donors (Lipinski definition) is 3. The van der Waals surface area contributed by atoms with Gasteiger partial charge in [0.15, 0.2) is 0 Å². The van der Waals surface area contributed by atoms with Crippen molar-refractivity contribution in [3.63, 3.8) is 0 Å². The number of likely N-dealkylation sites (tertiary alicyclic amines) is 1. The van der Waals surface area contributed by atoms with Crippen molar-refractivity contribution in [1.29, 1.82) is 5.26 Å². The number of methoxy groups -OCH3 is 1. The molecule has 11 nitrogen and oxygen atoms in total. The van der Waals surface area contributed by atoms with E-state index in [1.807, 2.05) is 19.9 Å². The Balaban J connectivity index is 2.32. The third-order valence-corrected chi connectivity index (χ3v) is 7.08. The lowest BCUT2D eigenvalue weighted by Gasteiger charge is -2.37. The highest BCUT2D eigenvalue weighted by molar-refractivity contribution is 7.88. The molecule has 0 aromatic heterocycles. The van der Waals surface area contributed by atoms with Gasteiger partial charge in [0.05, 0.1) is 13.2 Å². The van der Waals surface area contributed by atoms with Crippen LogP contribution in [0.25, 0.3) is 0 Å². The van der Waals surface area contributed by atoms with Crippen LogP contribution in [-0.2, 0) is 24.5 Å². The minimum atomic E-state index is -4.40. The summed E-state index contributed by atoms with van der Waals surface area (Å²) in [6.45, 7) is 10.9. The normalized spacial score (nSPS) is 26.1. The Hall–Kier alpha value is -2.39. The standard InChI is InChI=1S/C19H31N5O6S/c1-10(8-20)21-15(25)13-12-11(19(12,5)6)9-24(13)16(26)14(18(2,3)4)22-31(28,29)23-17(27)30-7/h10-14,22H,9H2,1-7H3,(H,21,25)(H,23,27)/t10-,11-,12-,13-,14+/m0/s1. The SMILES string of the molecule is COC(=O)NS(=O)(=O)N[C@H](C(=O)N1C[C@H]2[C@@H]([C@H]1C(=O)N[C@@H](C)C#N)C2(C)C)C(C)(C)C. The van der Waals surface area contributed by atoms with Gasteiger partial charge in [0.2, 0.25) is 11.8 Å². The van der Waals surface area contributed by atoms with E-state index in [0.717, 1.165) is 7.11 Å². The molecule has 174 valence electrons. The monoisotopic (exact) mass is 457 g/mol. The highest BCUT2D eigenvalue weighted by Crippen LogP contribution is 2.65. The highest BCUT2D eigenvalue weighted by atomic mass is 32.2. The molecule has 0 aromatic carbocycles. The molecule has 1 saturated heterocycles. The summed E-state index contributed by atoms with van der Waals surface area (Å²) in [5.74, 6) is -1.01. The molecule has 5 atom stereocenters. The summed E-state index contributed by atoms with van der Waals surface area (Å²) < 4.78 is 32.9. The van der Waals surface area contributed by atoms with Gasteiger partial charge in [-0.3, -0.25) is 9.59 Å². The van der Waals surface area contributed by atoms with Gasteiger partial charge >= 0.3 is 16.3 Å². The quantitative estimate of drug-likeness (QED) is 0.510. The number of carbonyl (C=O) groups is 3. The number of fused-ring (bicyclic) bond motifs is 1. The van der Waals surface area contributed by atoms with Gasteiger partial charge in [-0.15, -0.1) is 0 Å². The maximum Gasteiger partial charge on any atom is 0.421 e. The second kappa shape index (κ2) is 8.27. The Morgan fingerprint density at radius 2 is 1.84 bits per heavy atom. The zero-order chi connectivity index (χ0) is 23.9. The van der Waals surface area contributed by atoms with Gasteiger partial charge in [-0.2, -0.15) is 18.4 Å². The average Bonchev–Trinajstić information content (AvgIpc) is 3.00. The molecular weight excluding hydrogens is 426 g/mol. The first kappa shape index (κ1) is 24.9. The second-order valence-corrected chi connectivity index (χ2v) is 11.2. The number of carbonyl (C=O) groups excluding carboxylic acids is 3. The molecule has 0 radical (unpaired) electrons. The van der Waals surface area contributed by atoms with Crippen LogP contribution in [0.5, 0.6) is 0 Å². The molecule has 1 heterocycles. The van der Waals surface area contributed by atoms with E-state index in [0.29, 0.717) is 6.54 Å². The van der Waals surface area contributed by atoms with Gasteiger partial charge in [0, 0.05) is 6.54 Å². The number of amides is 3. The Morgan fingerprint density at radius 1 is 1.26 bits per heavy atom. The van der Waals surface area contributed by atoms with Crippen molar-refractivity contribution in [1.82, 2.24) is 19.7 Å². The smallest absolute Gasteiger partial charge is 0.421 e. The molecule has 0 aromatic rings. The summed E-state index contributed by atoms with van der Waals surface area (Å²) in [6, 6.07) is -0.859. The zero-order valence-corrected chi connectivity index (χ0v) is 19.7. The summed E-state index contributed by atoms with van der Waals surface area (Å²) in [6.07, 6.45) is -1.19. The number of rotatable bonds is 6. The molecule has 1 aliphatic heterocycles. The minimum Gasteiger partial charge on any atom is -0.452 e. The number of nitriles is 1. The summed E-state index contributed by atoms with van der Waals surface area (Å²) in [4.78, 5) is 39.1. The van der Waals surface area contributed by atoms with Crippen molar-refractivity contribution in [3.8, 4) is 6.07 Å². The molecule has 2 fully saturated rings. The maximum atomic E-state index is 13.5. The Morgan fingerprint density at radius 3 is 2.32 bits per heavy atom. The van der Waals surface area contributed by atoms with Crippen LogP contribution in [0.3, 0.4) is 0 Å². The molecule has 2 aliphatic rings. The number of nitrogens with one attached hydrogen (secondary N) is 3. The van der Waals surface area contributed by atoms with E-state index < -0.39 is 51.7 Å². The molecule has 2 rings (SSSR count). The van der Waals surface area contributed by atoms with Crippen LogP contribution in [0.4, 0.5) is 4.79 Å². The first-order valence-corrected chi connectivity index (χ1v) is 11.4. The molecule has 31 heavy (non-hydrogen) atoms. The summed E-state index contributed by atoms with van der Waals surface area (Å²) in [5, 5.41) is 11.6. The van der Waals surface area contributed by atoms with Crippen molar-refractivity contribution >= 4 is 28.1 Å². The van der Waals surface area contributed by atoms with E-state index in [1.165, 1.54) is 4.90 Å².